The molecule has 7 heteroatoms. The van der Waals surface area contributed by atoms with Crippen LogP contribution < -0.4 is 51.4 Å². The van der Waals surface area contributed by atoms with Crippen molar-refractivity contribution in [1.29, 1.82) is 0 Å². The number of carbonyl (C=O) groups excluding carboxylic acids is 2. The molecule has 66 valence electrons. The van der Waals surface area contributed by atoms with Crippen LogP contribution >= 0.6 is 0 Å². The van der Waals surface area contributed by atoms with Crippen LogP contribution in [-0.2, 0) is 29.0 Å². The molecule has 1 rings (SSSR count). The molecule has 0 unspecified atom stereocenters. The van der Waals surface area contributed by atoms with Crippen LogP contribution in [0.3, 0.4) is 0 Å². The molecule has 0 radical (unpaired) electrons. The third kappa shape index (κ3) is 12.4. The maximum absolute atomic E-state index is 10.3. The number of carbonyl (C=O) groups is 2. The summed E-state index contributed by atoms with van der Waals surface area (Å²) in [6.45, 7) is 0. The third-order valence-corrected chi connectivity index (χ3v) is 0.824. The fraction of sp³-hybridized carbons (Fsp3) is 0. The molecule has 0 bridgehead atoms. The summed E-state index contributed by atoms with van der Waals surface area (Å²) in [6.07, 6.45) is 5.01. The van der Waals surface area contributed by atoms with E-state index in [1.54, 1.807) is 0 Å². The molecule has 1 aliphatic rings. The van der Waals surface area contributed by atoms with E-state index in [9.17, 15) is 9.59 Å². The molecule has 5 nitrogen and oxygen atoms in total. The molecule has 13 heavy (non-hydrogen) atoms. The van der Waals surface area contributed by atoms with Crippen LogP contribution in [0.2, 0.25) is 0 Å². The first-order valence-electron chi connectivity index (χ1n) is 2.75. The second-order valence-corrected chi connectivity index (χ2v) is 2.12. The zero-order chi connectivity index (χ0) is 9.56. The van der Waals surface area contributed by atoms with Crippen molar-refractivity contribution in [3.8, 4) is 0 Å². The van der Waals surface area contributed by atoms with E-state index in [0.717, 1.165) is 0 Å². The van der Waals surface area contributed by atoms with E-state index in [0.29, 0.717) is 0 Å². The maximum Gasteiger partial charge on any atom is 1.00 e. The monoisotopic (exact) mass is 228 g/mol. The van der Waals surface area contributed by atoms with Gasteiger partial charge in [-0.15, -0.1) is 0 Å². The first kappa shape index (κ1) is 15.8. The Hall–Kier alpha value is 0.366. The minimum atomic E-state index is -2.86. The molecule has 0 aliphatic heterocycles. The SMILES string of the molecule is O=C1C=CC(=O)C=C1.O=[S-](=O)O.[K+]. The number of ketones is 2. The van der Waals surface area contributed by atoms with Crippen LogP contribution in [0, 0.1) is 0 Å². The van der Waals surface area contributed by atoms with Gasteiger partial charge in [0.05, 0.1) is 0 Å². The van der Waals surface area contributed by atoms with Gasteiger partial charge in [0, 0.05) is 11.0 Å². The van der Waals surface area contributed by atoms with E-state index in [4.69, 9.17) is 13.0 Å². The van der Waals surface area contributed by atoms with E-state index in [2.05, 4.69) is 0 Å². The molecule has 0 amide bonds. The first-order chi connectivity index (χ1) is 5.52. The number of rotatable bonds is 0. The number of hydrogen-bond donors (Lipinski definition) is 1. The Morgan fingerprint density at radius 1 is 0.923 bits per heavy atom. The Morgan fingerprint density at radius 3 is 1.23 bits per heavy atom. The standard InChI is InChI=1S/C6H4O2.K.HO3S/c7-5-1-2-6(8)4-3-5;;1-4(2)3/h1-4H;;(H,1,2,3)/q;+1;-1. The molecule has 0 heterocycles. The molecule has 0 aromatic carbocycles. The van der Waals surface area contributed by atoms with Gasteiger partial charge in [-0.1, -0.05) is 0 Å². The van der Waals surface area contributed by atoms with Crippen LogP contribution in [-0.4, -0.2) is 16.1 Å². The summed E-state index contributed by atoms with van der Waals surface area (Å²) in [5.41, 5.74) is 0. The summed E-state index contributed by atoms with van der Waals surface area (Å²) in [7, 11) is -2.86. The van der Waals surface area contributed by atoms with Gasteiger partial charge in [0.25, 0.3) is 0 Å². The average molecular weight is 228 g/mol. The van der Waals surface area contributed by atoms with Gasteiger partial charge < -0.3 is 13.0 Å². The number of allylic oxidation sites excluding steroid dienone is 4. The van der Waals surface area contributed by atoms with Crippen molar-refractivity contribution in [3.63, 3.8) is 0 Å². The summed E-state index contributed by atoms with van der Waals surface area (Å²) in [4.78, 5) is 20.6. The predicted molar refractivity (Wildman–Crippen MR) is 39.7 cm³/mol. The van der Waals surface area contributed by atoms with Crippen molar-refractivity contribution < 1.29 is 73.9 Å². The molecular weight excluding hydrogens is 223 g/mol. The normalized spacial score (nSPS) is 13.4. The van der Waals surface area contributed by atoms with Crippen LogP contribution in [0.4, 0.5) is 0 Å². The molecule has 0 aromatic heterocycles. The van der Waals surface area contributed by atoms with E-state index < -0.39 is 11.0 Å². The molecule has 0 fully saturated rings. The van der Waals surface area contributed by atoms with Gasteiger partial charge in [0.15, 0.2) is 11.6 Å². The molecule has 0 aromatic rings. The summed E-state index contributed by atoms with van der Waals surface area (Å²) in [5, 5.41) is 0. The smallest absolute Gasteiger partial charge is 0.439 e. The summed E-state index contributed by atoms with van der Waals surface area (Å²) >= 11 is 0. The minimum Gasteiger partial charge on any atom is -0.439 e. The second kappa shape index (κ2) is 8.94. The van der Waals surface area contributed by atoms with Crippen LogP contribution in [0.25, 0.3) is 0 Å². The second-order valence-electron chi connectivity index (χ2n) is 1.69. The third-order valence-electron chi connectivity index (χ3n) is 0.824. The van der Waals surface area contributed by atoms with Crippen molar-refractivity contribution in [2.45, 2.75) is 0 Å². The van der Waals surface area contributed by atoms with Gasteiger partial charge in [-0.25, -0.2) is 0 Å². The van der Waals surface area contributed by atoms with Gasteiger partial charge in [-0.3, -0.25) is 9.59 Å². The molecule has 0 saturated heterocycles. The van der Waals surface area contributed by atoms with Gasteiger partial charge in [-0.2, -0.15) is 0 Å². The Bertz CT molecular complexity index is 269. The molecular formula is C6H5KO5S. The van der Waals surface area contributed by atoms with E-state index in [1.165, 1.54) is 24.3 Å². The van der Waals surface area contributed by atoms with E-state index in [-0.39, 0.29) is 63.0 Å². The maximum atomic E-state index is 10.3. The predicted octanol–water partition coefficient (Wildman–Crippen LogP) is -2.98. The van der Waals surface area contributed by atoms with E-state index in [1.807, 2.05) is 0 Å². The molecule has 0 atom stereocenters. The Morgan fingerprint density at radius 2 is 1.08 bits per heavy atom. The Balaban J connectivity index is 0. The minimum absolute atomic E-state index is 0. The van der Waals surface area contributed by atoms with Gasteiger partial charge in [0.2, 0.25) is 0 Å². The van der Waals surface area contributed by atoms with Crippen molar-refractivity contribution in [2.75, 3.05) is 0 Å². The van der Waals surface area contributed by atoms with Crippen molar-refractivity contribution >= 4 is 22.6 Å². The van der Waals surface area contributed by atoms with Crippen LogP contribution in [0.15, 0.2) is 24.3 Å². The number of hydrogen-bond acceptors (Lipinski definition) is 5. The quantitative estimate of drug-likeness (QED) is 0.157. The van der Waals surface area contributed by atoms with Gasteiger partial charge in [0.1, 0.15) is 0 Å². The summed E-state index contributed by atoms with van der Waals surface area (Å²) in [5.74, 6) is -0.241. The zero-order valence-corrected chi connectivity index (χ0v) is 10.7. The topological polar surface area (TPSA) is 88.5 Å². The van der Waals surface area contributed by atoms with Crippen LogP contribution in [0.1, 0.15) is 0 Å². The average Bonchev–Trinajstić information content (AvgIpc) is 1.94. The summed E-state index contributed by atoms with van der Waals surface area (Å²) < 4.78 is 24.1. The van der Waals surface area contributed by atoms with Gasteiger partial charge >= 0.3 is 51.4 Å². The Kier molecular flexibility index (Phi) is 10.9. The molecule has 0 saturated carbocycles. The Labute approximate surface area is 119 Å². The first-order valence-corrected chi connectivity index (χ1v) is 3.78. The summed E-state index contributed by atoms with van der Waals surface area (Å²) in [6, 6.07) is 0. The van der Waals surface area contributed by atoms with Gasteiger partial charge in [-0.05, 0) is 24.3 Å². The fourth-order valence-electron chi connectivity index (χ4n) is 0.440. The fourth-order valence-corrected chi connectivity index (χ4v) is 0.440. The van der Waals surface area contributed by atoms with Crippen molar-refractivity contribution in [2.24, 2.45) is 0 Å². The molecule has 0 spiro atoms. The molecule has 1 aliphatic carbocycles. The van der Waals surface area contributed by atoms with Crippen molar-refractivity contribution in [3.05, 3.63) is 24.3 Å². The molecule has 1 N–H and O–H groups in total. The zero-order valence-electron chi connectivity index (χ0n) is 6.80. The van der Waals surface area contributed by atoms with Crippen LogP contribution in [0.5, 0.6) is 0 Å². The largest absolute Gasteiger partial charge is 1.00 e. The van der Waals surface area contributed by atoms with Crippen molar-refractivity contribution in [1.82, 2.24) is 0 Å². The van der Waals surface area contributed by atoms with E-state index >= 15 is 0 Å².